The van der Waals surface area contributed by atoms with Crippen LogP contribution in [0.15, 0.2) is 41.6 Å². The minimum Gasteiger partial charge on any atom is -0.496 e. The van der Waals surface area contributed by atoms with E-state index < -0.39 is 16.8 Å². The highest BCUT2D eigenvalue weighted by molar-refractivity contribution is 7.84. The van der Waals surface area contributed by atoms with Crippen molar-refractivity contribution in [3.8, 4) is 5.75 Å². The number of rotatable bonds is 5. The summed E-state index contributed by atoms with van der Waals surface area (Å²) in [6.45, 7) is 0. The molecule has 0 amide bonds. The van der Waals surface area contributed by atoms with Crippen molar-refractivity contribution >= 4 is 33.5 Å². The zero-order chi connectivity index (χ0) is 17.3. The smallest absolute Gasteiger partial charge is 0.339 e. The van der Waals surface area contributed by atoms with Gasteiger partial charge in [-0.15, -0.1) is 0 Å². The number of methoxy groups -OCH3 is 1. The Morgan fingerprint density at radius 2 is 2.12 bits per heavy atom. The van der Waals surface area contributed by atoms with Gasteiger partial charge in [-0.05, 0) is 17.7 Å². The highest BCUT2D eigenvalue weighted by Crippen LogP contribution is 2.26. The Morgan fingerprint density at radius 3 is 2.79 bits per heavy atom. The van der Waals surface area contributed by atoms with Crippen LogP contribution in [0.2, 0.25) is 0 Å². The molecule has 3 rings (SSSR count). The molecule has 1 atom stereocenters. The van der Waals surface area contributed by atoms with Crippen LogP contribution in [0.3, 0.4) is 0 Å². The van der Waals surface area contributed by atoms with E-state index in [2.05, 4.69) is 9.97 Å². The van der Waals surface area contributed by atoms with Gasteiger partial charge in [-0.2, -0.15) is 0 Å². The molecule has 0 bridgehead atoms. The second-order valence-corrected chi connectivity index (χ2v) is 6.47. The quantitative estimate of drug-likeness (QED) is 0.610. The number of ether oxygens (including phenoxy) is 1. The normalized spacial score (nSPS) is 12.2. The molecule has 0 radical (unpaired) electrons. The van der Waals surface area contributed by atoms with Crippen molar-refractivity contribution in [3.05, 3.63) is 47.5 Å². The number of anilines is 1. The third-order valence-corrected chi connectivity index (χ3v) is 4.77. The van der Waals surface area contributed by atoms with Gasteiger partial charge in [0.1, 0.15) is 11.3 Å². The number of hydrogen-bond donors (Lipinski definition) is 3. The van der Waals surface area contributed by atoms with Gasteiger partial charge in [0.25, 0.3) is 0 Å². The molecule has 0 saturated carbocycles. The van der Waals surface area contributed by atoms with Gasteiger partial charge in [-0.1, -0.05) is 18.2 Å². The first-order valence-corrected chi connectivity index (χ1v) is 8.34. The van der Waals surface area contributed by atoms with Crippen molar-refractivity contribution in [3.63, 3.8) is 0 Å². The van der Waals surface area contributed by atoms with Crippen LogP contribution in [0, 0.1) is 0 Å². The number of aromatic nitrogens is 2. The number of nitrogens with one attached hydrogen (secondary N) is 1. The van der Waals surface area contributed by atoms with E-state index in [1.54, 1.807) is 12.1 Å². The molecule has 0 aliphatic heterocycles. The highest BCUT2D eigenvalue weighted by atomic mass is 32.2. The summed E-state index contributed by atoms with van der Waals surface area (Å²) >= 11 is 0. The van der Waals surface area contributed by atoms with E-state index in [1.807, 2.05) is 12.1 Å². The van der Waals surface area contributed by atoms with E-state index in [-0.39, 0.29) is 22.2 Å². The summed E-state index contributed by atoms with van der Waals surface area (Å²) < 4.78 is 17.6. The Balaban J connectivity index is 1.97. The van der Waals surface area contributed by atoms with Gasteiger partial charge < -0.3 is 20.6 Å². The van der Waals surface area contributed by atoms with Gasteiger partial charge in [0.15, 0.2) is 5.16 Å². The Kier molecular flexibility index (Phi) is 4.22. The lowest BCUT2D eigenvalue weighted by Gasteiger charge is -2.03. The first-order chi connectivity index (χ1) is 11.5. The second kappa shape index (κ2) is 6.32. The van der Waals surface area contributed by atoms with Crippen LogP contribution < -0.4 is 10.5 Å². The molecule has 7 nitrogen and oxygen atoms in total. The fourth-order valence-electron chi connectivity index (χ4n) is 2.33. The molecule has 0 saturated heterocycles. The van der Waals surface area contributed by atoms with E-state index in [9.17, 15) is 14.1 Å². The van der Waals surface area contributed by atoms with Gasteiger partial charge >= 0.3 is 5.97 Å². The van der Waals surface area contributed by atoms with Gasteiger partial charge in [0, 0.05) is 11.8 Å². The first-order valence-electron chi connectivity index (χ1n) is 7.02. The molecule has 1 heterocycles. The van der Waals surface area contributed by atoms with E-state index >= 15 is 0 Å². The Hall–Kier alpha value is -2.87. The Labute approximate surface area is 139 Å². The molecule has 2 aromatic carbocycles. The zero-order valence-corrected chi connectivity index (χ0v) is 13.6. The van der Waals surface area contributed by atoms with Crippen molar-refractivity contribution in [1.29, 1.82) is 0 Å². The second-order valence-electron chi connectivity index (χ2n) is 5.11. The summed E-state index contributed by atoms with van der Waals surface area (Å²) in [5.74, 6) is -0.690. The van der Waals surface area contributed by atoms with Crippen molar-refractivity contribution < 1.29 is 18.8 Å². The molecular weight excluding hydrogens is 330 g/mol. The summed E-state index contributed by atoms with van der Waals surface area (Å²) in [6.07, 6.45) is 0. The fourth-order valence-corrected chi connectivity index (χ4v) is 3.44. The van der Waals surface area contributed by atoms with Gasteiger partial charge in [0.2, 0.25) is 0 Å². The number of para-hydroxylation sites is 1. The number of H-pyrrole nitrogens is 1. The average molecular weight is 345 g/mol. The lowest BCUT2D eigenvalue weighted by Crippen LogP contribution is -2.01. The molecule has 24 heavy (non-hydrogen) atoms. The minimum atomic E-state index is -1.44. The Bertz CT molecular complexity index is 952. The number of nitrogens with zero attached hydrogens (tertiary/aromatic N) is 1. The molecule has 0 aliphatic rings. The van der Waals surface area contributed by atoms with Gasteiger partial charge in [0.05, 0.1) is 34.7 Å². The molecule has 1 aromatic heterocycles. The fraction of sp³-hybridized carbons (Fsp3) is 0.125. The van der Waals surface area contributed by atoms with Crippen molar-refractivity contribution in [2.24, 2.45) is 0 Å². The number of nitrogen functional groups attached to an aromatic ring is 1. The summed E-state index contributed by atoms with van der Waals surface area (Å²) in [5.41, 5.74) is 8.18. The highest BCUT2D eigenvalue weighted by Gasteiger charge is 2.17. The van der Waals surface area contributed by atoms with Crippen molar-refractivity contribution in [2.75, 3.05) is 12.8 Å². The van der Waals surface area contributed by atoms with Crippen LogP contribution in [0.1, 0.15) is 15.9 Å². The molecular formula is C16H15N3O4S. The maximum atomic E-state index is 12.5. The van der Waals surface area contributed by atoms with Crippen molar-refractivity contribution in [1.82, 2.24) is 9.97 Å². The molecule has 1 unspecified atom stereocenters. The molecule has 4 N–H and O–H groups in total. The third-order valence-electron chi connectivity index (χ3n) is 3.57. The summed E-state index contributed by atoms with van der Waals surface area (Å²) in [6, 6.07) is 10.1. The number of aromatic carboxylic acids is 1. The number of hydrogen-bond acceptors (Lipinski definition) is 5. The number of carboxylic acids is 1. The van der Waals surface area contributed by atoms with Crippen LogP contribution in [-0.4, -0.2) is 32.4 Å². The number of imidazole rings is 1. The average Bonchev–Trinajstić information content (AvgIpc) is 2.98. The maximum Gasteiger partial charge on any atom is 0.339 e. The summed E-state index contributed by atoms with van der Waals surface area (Å²) in [7, 11) is -0.0517. The van der Waals surface area contributed by atoms with Crippen LogP contribution >= 0.6 is 0 Å². The standard InChI is InChI=1S/C16H15N3O4S/c1-23-14-7-13-12(6-10(14)15(20)21)18-16(19-13)24(22)8-9-4-2-3-5-11(9)17/h2-7H,8,17H2,1H3,(H,18,19)(H,20,21). The number of aromatic amines is 1. The third kappa shape index (κ3) is 2.95. The number of fused-ring (bicyclic) bond motifs is 1. The molecule has 0 fully saturated rings. The zero-order valence-electron chi connectivity index (χ0n) is 12.8. The lowest BCUT2D eigenvalue weighted by molar-refractivity contribution is 0.0693. The molecule has 0 aliphatic carbocycles. The lowest BCUT2D eigenvalue weighted by atomic mass is 10.2. The molecule has 0 spiro atoms. The largest absolute Gasteiger partial charge is 0.496 e. The van der Waals surface area contributed by atoms with Gasteiger partial charge in [-0.25, -0.2) is 9.78 Å². The first kappa shape index (κ1) is 16.0. The molecule has 3 aromatic rings. The molecule has 124 valence electrons. The van der Waals surface area contributed by atoms with Crippen LogP contribution in [-0.2, 0) is 16.6 Å². The minimum absolute atomic E-state index is 0.0123. The number of carbonyl (C=O) groups is 1. The summed E-state index contributed by atoms with van der Waals surface area (Å²) in [5, 5.41) is 9.47. The van der Waals surface area contributed by atoms with Gasteiger partial charge in [-0.3, -0.25) is 4.21 Å². The topological polar surface area (TPSA) is 118 Å². The monoisotopic (exact) mass is 345 g/mol. The van der Waals surface area contributed by atoms with Crippen LogP contribution in [0.5, 0.6) is 5.75 Å². The Morgan fingerprint density at radius 1 is 1.38 bits per heavy atom. The molecule has 8 heteroatoms. The van der Waals surface area contributed by atoms with E-state index in [0.29, 0.717) is 16.7 Å². The predicted octanol–water partition coefficient (Wildman–Crippen LogP) is 2.16. The number of nitrogens with two attached hydrogens (primary N) is 1. The van der Waals surface area contributed by atoms with E-state index in [0.717, 1.165) is 5.56 Å². The summed E-state index contributed by atoms with van der Waals surface area (Å²) in [4.78, 5) is 18.4. The SMILES string of the molecule is COc1cc2nc(S(=O)Cc3ccccc3N)[nH]c2cc1C(=O)O. The van der Waals surface area contributed by atoms with Crippen LogP contribution in [0.4, 0.5) is 5.69 Å². The van der Waals surface area contributed by atoms with Crippen LogP contribution in [0.25, 0.3) is 11.0 Å². The maximum absolute atomic E-state index is 12.5. The number of carboxylic acid groups (broad SMARTS) is 1. The predicted molar refractivity (Wildman–Crippen MR) is 90.6 cm³/mol. The van der Waals surface area contributed by atoms with E-state index in [4.69, 9.17) is 10.5 Å². The van der Waals surface area contributed by atoms with E-state index in [1.165, 1.54) is 19.2 Å². The number of benzene rings is 2. The van der Waals surface area contributed by atoms with Crippen molar-refractivity contribution in [2.45, 2.75) is 10.9 Å².